The number of nitrogens with zero attached hydrogens (tertiary/aromatic N) is 4. The predicted octanol–water partition coefficient (Wildman–Crippen LogP) is 3.77. The molecule has 0 saturated heterocycles. The average Bonchev–Trinajstić information content (AvgIpc) is 3.29. The van der Waals surface area contributed by atoms with Crippen molar-refractivity contribution in [3.05, 3.63) is 42.5 Å². The Morgan fingerprint density at radius 3 is 2.71 bits per heavy atom. The van der Waals surface area contributed by atoms with Crippen molar-refractivity contribution >= 4 is 28.4 Å². The molecule has 0 radical (unpaired) electrons. The summed E-state index contributed by atoms with van der Waals surface area (Å²) >= 11 is 0. The van der Waals surface area contributed by atoms with E-state index in [4.69, 9.17) is 0 Å². The van der Waals surface area contributed by atoms with Crippen LogP contribution < -0.4 is 10.6 Å². The fourth-order valence-corrected chi connectivity index (χ4v) is 3.15. The maximum atomic E-state index is 12.8. The number of amides is 1. The monoisotopic (exact) mass is 431 g/mol. The molecule has 0 fully saturated rings. The first-order valence-corrected chi connectivity index (χ1v) is 9.59. The average molecular weight is 431 g/mol. The number of H-pyrrole nitrogens is 1. The molecule has 4 aromatic rings. The number of pyridine rings is 1. The number of hydrogen-bond acceptors (Lipinski definition) is 5. The van der Waals surface area contributed by atoms with Gasteiger partial charge in [0.15, 0.2) is 0 Å². The van der Waals surface area contributed by atoms with Crippen molar-refractivity contribution in [2.24, 2.45) is 0 Å². The smallest absolute Gasteiger partial charge is 0.352 e. The van der Waals surface area contributed by atoms with Crippen molar-refractivity contribution in [1.82, 2.24) is 29.9 Å². The Balaban J connectivity index is 1.70. The van der Waals surface area contributed by atoms with Crippen LogP contribution in [0.15, 0.2) is 36.9 Å². The van der Waals surface area contributed by atoms with Gasteiger partial charge in [-0.15, -0.1) is 0 Å². The zero-order valence-corrected chi connectivity index (χ0v) is 16.9. The number of carbonyl (C=O) groups excluding carboxylic acids is 1. The van der Waals surface area contributed by atoms with E-state index in [-0.39, 0.29) is 11.6 Å². The summed E-state index contributed by atoms with van der Waals surface area (Å²) in [6, 6.07) is 1.70. The molecule has 11 heteroatoms. The van der Waals surface area contributed by atoms with E-state index in [1.807, 2.05) is 19.2 Å². The highest BCUT2D eigenvalue weighted by Gasteiger charge is 2.37. The topological polar surface area (TPSA) is 100 Å². The van der Waals surface area contributed by atoms with Gasteiger partial charge in [-0.05, 0) is 38.5 Å². The van der Waals surface area contributed by atoms with Crippen molar-refractivity contribution < 1.29 is 18.0 Å². The number of halogens is 3. The van der Waals surface area contributed by atoms with Gasteiger partial charge < -0.3 is 15.6 Å². The number of aromatic amines is 1. The number of aromatic nitrogens is 5. The quantitative estimate of drug-likeness (QED) is 0.447. The Morgan fingerprint density at radius 2 is 2.00 bits per heavy atom. The highest BCUT2D eigenvalue weighted by atomic mass is 19.4. The molecule has 0 aromatic carbocycles. The van der Waals surface area contributed by atoms with Crippen LogP contribution >= 0.6 is 0 Å². The van der Waals surface area contributed by atoms with E-state index >= 15 is 0 Å². The molecule has 0 aliphatic carbocycles. The number of hydrogen-bond donors (Lipinski definition) is 3. The van der Waals surface area contributed by atoms with Crippen molar-refractivity contribution in [3.63, 3.8) is 0 Å². The van der Waals surface area contributed by atoms with Crippen LogP contribution in [0.5, 0.6) is 0 Å². The SMILES string of the molecule is CC(C)Nc1ncc2c(-c3ccn4ncc(C(=O)NC(C)C(F)(F)F)c4c3)c[nH]c2n1. The Hall–Kier alpha value is -3.63. The maximum absolute atomic E-state index is 12.8. The summed E-state index contributed by atoms with van der Waals surface area (Å²) in [5.41, 5.74) is 2.61. The fourth-order valence-electron chi connectivity index (χ4n) is 3.15. The normalized spacial score (nSPS) is 13.1. The molecular formula is C20H20F3N7O. The largest absolute Gasteiger partial charge is 0.408 e. The van der Waals surface area contributed by atoms with Crippen LogP contribution in [0.3, 0.4) is 0 Å². The van der Waals surface area contributed by atoms with Gasteiger partial charge in [0.05, 0.1) is 17.3 Å². The molecule has 4 aromatic heterocycles. The van der Waals surface area contributed by atoms with E-state index in [1.165, 1.54) is 10.7 Å². The summed E-state index contributed by atoms with van der Waals surface area (Å²) < 4.78 is 39.9. The summed E-state index contributed by atoms with van der Waals surface area (Å²) in [7, 11) is 0. The fraction of sp³-hybridized carbons (Fsp3) is 0.300. The molecule has 31 heavy (non-hydrogen) atoms. The minimum Gasteiger partial charge on any atom is -0.352 e. The first-order chi connectivity index (χ1) is 14.6. The van der Waals surface area contributed by atoms with E-state index in [2.05, 4.69) is 25.4 Å². The van der Waals surface area contributed by atoms with Gasteiger partial charge in [0.25, 0.3) is 5.91 Å². The van der Waals surface area contributed by atoms with Gasteiger partial charge in [0.1, 0.15) is 11.7 Å². The van der Waals surface area contributed by atoms with Gasteiger partial charge in [0, 0.05) is 35.6 Å². The van der Waals surface area contributed by atoms with E-state index in [1.54, 1.807) is 30.7 Å². The zero-order chi connectivity index (χ0) is 22.3. The van der Waals surface area contributed by atoms with Gasteiger partial charge >= 0.3 is 6.18 Å². The second kappa shape index (κ2) is 7.56. The molecule has 1 unspecified atom stereocenters. The molecule has 1 atom stereocenters. The molecule has 162 valence electrons. The Labute approximate surface area is 174 Å². The molecule has 0 aliphatic heterocycles. The van der Waals surface area contributed by atoms with Gasteiger partial charge in [-0.2, -0.15) is 23.3 Å². The van der Waals surface area contributed by atoms with Crippen LogP contribution in [0.2, 0.25) is 0 Å². The lowest BCUT2D eigenvalue weighted by molar-refractivity contribution is -0.149. The molecule has 0 saturated carbocycles. The number of anilines is 1. The highest BCUT2D eigenvalue weighted by Crippen LogP contribution is 2.29. The molecule has 0 bridgehead atoms. The minimum atomic E-state index is -4.53. The summed E-state index contributed by atoms with van der Waals surface area (Å²) in [5, 5.41) is 9.94. The summed E-state index contributed by atoms with van der Waals surface area (Å²) in [6.07, 6.45) is 1.82. The van der Waals surface area contributed by atoms with Crippen LogP contribution in [0.25, 0.3) is 27.7 Å². The Kier molecular flexibility index (Phi) is 5.03. The Morgan fingerprint density at radius 1 is 1.23 bits per heavy atom. The third-order valence-electron chi connectivity index (χ3n) is 4.77. The van der Waals surface area contributed by atoms with Crippen LogP contribution in [-0.2, 0) is 0 Å². The van der Waals surface area contributed by atoms with Crippen molar-refractivity contribution in [1.29, 1.82) is 0 Å². The minimum absolute atomic E-state index is 0.0532. The Bertz CT molecular complexity index is 1260. The van der Waals surface area contributed by atoms with Gasteiger partial charge in [-0.3, -0.25) is 4.79 Å². The summed E-state index contributed by atoms with van der Waals surface area (Å²) in [6.45, 7) is 4.86. The standard InChI is InChI=1S/C20H20F3N7O/c1-10(2)27-19-25-8-14-13(7-24-17(14)29-19)12-4-5-30-16(6-12)15(9-26-30)18(31)28-11(3)20(21,22)23/h4-11H,1-3H3,(H,28,31)(H2,24,25,27,29). The first-order valence-electron chi connectivity index (χ1n) is 9.59. The van der Waals surface area contributed by atoms with Gasteiger partial charge in [-0.25, -0.2) is 9.50 Å². The van der Waals surface area contributed by atoms with E-state index in [0.29, 0.717) is 17.1 Å². The van der Waals surface area contributed by atoms with E-state index in [0.717, 1.165) is 23.4 Å². The number of alkyl halides is 3. The highest BCUT2D eigenvalue weighted by molar-refractivity contribution is 6.02. The molecule has 4 heterocycles. The number of rotatable bonds is 5. The van der Waals surface area contributed by atoms with Gasteiger partial charge in [0.2, 0.25) is 5.95 Å². The lowest BCUT2D eigenvalue weighted by Crippen LogP contribution is -2.43. The lowest BCUT2D eigenvalue weighted by atomic mass is 10.1. The van der Waals surface area contributed by atoms with Gasteiger partial charge in [-0.1, -0.05) is 0 Å². The third-order valence-corrected chi connectivity index (χ3v) is 4.77. The molecule has 4 rings (SSSR count). The third kappa shape index (κ3) is 4.03. The second-order valence-electron chi connectivity index (χ2n) is 7.50. The number of carbonyl (C=O) groups is 1. The molecule has 1 amide bonds. The number of fused-ring (bicyclic) bond motifs is 2. The van der Waals surface area contributed by atoms with Crippen LogP contribution in [-0.4, -0.2) is 48.7 Å². The van der Waals surface area contributed by atoms with Crippen molar-refractivity contribution in [3.8, 4) is 11.1 Å². The summed E-state index contributed by atoms with van der Waals surface area (Å²) in [5.74, 6) is -0.344. The molecule has 3 N–H and O–H groups in total. The number of nitrogens with one attached hydrogen (secondary N) is 3. The van der Waals surface area contributed by atoms with Crippen LogP contribution in [0.1, 0.15) is 31.1 Å². The molecule has 0 spiro atoms. The maximum Gasteiger partial charge on any atom is 0.408 e. The van der Waals surface area contributed by atoms with Crippen molar-refractivity contribution in [2.45, 2.75) is 39.0 Å². The van der Waals surface area contributed by atoms with Crippen molar-refractivity contribution in [2.75, 3.05) is 5.32 Å². The predicted molar refractivity (Wildman–Crippen MR) is 110 cm³/mol. The summed E-state index contributed by atoms with van der Waals surface area (Å²) in [4.78, 5) is 24.3. The lowest BCUT2D eigenvalue weighted by Gasteiger charge is -2.16. The molecule has 8 nitrogen and oxygen atoms in total. The van der Waals surface area contributed by atoms with Crippen LogP contribution in [0, 0.1) is 0 Å². The molecular weight excluding hydrogens is 411 g/mol. The van der Waals surface area contributed by atoms with E-state index < -0.39 is 18.1 Å². The second-order valence-corrected chi connectivity index (χ2v) is 7.50. The van der Waals surface area contributed by atoms with E-state index in [9.17, 15) is 18.0 Å². The zero-order valence-electron chi connectivity index (χ0n) is 16.9. The first kappa shape index (κ1) is 20.6. The van der Waals surface area contributed by atoms with Crippen LogP contribution in [0.4, 0.5) is 19.1 Å². The molecule has 0 aliphatic rings.